The van der Waals surface area contributed by atoms with E-state index in [4.69, 9.17) is 23.2 Å². The summed E-state index contributed by atoms with van der Waals surface area (Å²) >= 11 is 20.3. The molecule has 1 aromatic heterocycles. The van der Waals surface area contributed by atoms with Crippen molar-refractivity contribution in [2.45, 2.75) is 13.5 Å². The third-order valence-corrected chi connectivity index (χ3v) is 5.71. The first-order chi connectivity index (χ1) is 8.49. The summed E-state index contributed by atoms with van der Waals surface area (Å²) in [7, 11) is 0. The Bertz CT molecular complexity index is 587. The van der Waals surface area contributed by atoms with Gasteiger partial charge in [0.1, 0.15) is 0 Å². The molecule has 0 aliphatic carbocycles. The van der Waals surface area contributed by atoms with Crippen molar-refractivity contribution in [2.75, 3.05) is 5.32 Å². The summed E-state index contributed by atoms with van der Waals surface area (Å²) in [5, 5.41) is 4.00. The van der Waals surface area contributed by atoms with Gasteiger partial charge in [-0.05, 0) is 50.4 Å². The molecule has 2 rings (SSSR count). The highest BCUT2D eigenvalue weighted by Crippen LogP contribution is 2.39. The lowest BCUT2D eigenvalue weighted by Crippen LogP contribution is -2.01. The Balaban J connectivity index is 2.22. The van der Waals surface area contributed by atoms with Gasteiger partial charge in [0.25, 0.3) is 0 Å². The van der Waals surface area contributed by atoms with Crippen molar-refractivity contribution < 1.29 is 0 Å². The molecular weight excluding hydrogens is 423 g/mol. The first-order valence-corrected chi connectivity index (χ1v) is 8.13. The monoisotopic (exact) mass is 428 g/mol. The molecule has 1 N–H and O–H groups in total. The molecule has 0 saturated carbocycles. The van der Waals surface area contributed by atoms with E-state index in [0.717, 1.165) is 25.1 Å². The van der Waals surface area contributed by atoms with Gasteiger partial charge in [-0.1, -0.05) is 23.2 Å². The molecule has 0 amide bonds. The van der Waals surface area contributed by atoms with Crippen molar-refractivity contribution in [1.29, 1.82) is 0 Å². The Kier molecular flexibility index (Phi) is 4.94. The molecule has 0 aliphatic rings. The van der Waals surface area contributed by atoms with Crippen LogP contribution in [0.2, 0.25) is 9.49 Å². The van der Waals surface area contributed by atoms with E-state index in [1.54, 1.807) is 6.20 Å². The van der Waals surface area contributed by atoms with Gasteiger partial charge in [0.15, 0.2) is 4.47 Å². The van der Waals surface area contributed by atoms with Crippen LogP contribution in [0.5, 0.6) is 0 Å². The van der Waals surface area contributed by atoms with E-state index in [1.165, 1.54) is 11.3 Å². The molecule has 0 saturated heterocycles. The zero-order valence-electron chi connectivity index (χ0n) is 9.23. The molecule has 0 spiro atoms. The molecule has 0 fully saturated rings. The number of nitrogens with one attached hydrogen (secondary N) is 1. The predicted molar refractivity (Wildman–Crippen MR) is 86.0 cm³/mol. The summed E-state index contributed by atoms with van der Waals surface area (Å²) in [5.74, 6) is 0. The highest BCUT2D eigenvalue weighted by molar-refractivity contribution is 9.11. The maximum atomic E-state index is 6.18. The summed E-state index contributed by atoms with van der Waals surface area (Å²) in [4.78, 5) is 5.08. The zero-order valence-corrected chi connectivity index (χ0v) is 14.7. The third kappa shape index (κ3) is 3.20. The summed E-state index contributed by atoms with van der Waals surface area (Å²) in [5.41, 5.74) is 2.08. The number of rotatable bonds is 3. The van der Waals surface area contributed by atoms with Gasteiger partial charge in [-0.3, -0.25) is 0 Å². The standard InChI is InChI=1S/C11H8Br2Cl2N2S/c1-5-2-7(12)9(14)8(13)10(5)16-3-6-4-17-11(15)18-6/h2,4,16H,3H2,1H3. The summed E-state index contributed by atoms with van der Waals surface area (Å²) < 4.78 is 2.28. The molecule has 0 radical (unpaired) electrons. The fourth-order valence-corrected chi connectivity index (χ4v) is 4.01. The van der Waals surface area contributed by atoms with Gasteiger partial charge < -0.3 is 5.32 Å². The van der Waals surface area contributed by atoms with E-state index in [2.05, 4.69) is 42.2 Å². The summed E-state index contributed by atoms with van der Waals surface area (Å²) in [6, 6.07) is 1.98. The minimum atomic E-state index is 0.552. The average Bonchev–Trinajstić information content (AvgIpc) is 2.72. The fraction of sp³-hybridized carbons (Fsp3) is 0.182. The van der Waals surface area contributed by atoms with Gasteiger partial charge in [0.2, 0.25) is 0 Å². The van der Waals surface area contributed by atoms with Crippen molar-refractivity contribution in [3.8, 4) is 0 Å². The van der Waals surface area contributed by atoms with Crippen molar-refractivity contribution >= 4 is 72.1 Å². The topological polar surface area (TPSA) is 24.9 Å². The van der Waals surface area contributed by atoms with Crippen LogP contribution in [0, 0.1) is 6.92 Å². The minimum absolute atomic E-state index is 0.552. The number of halogens is 4. The third-order valence-electron chi connectivity index (χ3n) is 2.32. The Morgan fingerprint density at radius 1 is 1.39 bits per heavy atom. The first-order valence-electron chi connectivity index (χ1n) is 4.97. The second kappa shape index (κ2) is 6.09. The van der Waals surface area contributed by atoms with Gasteiger partial charge in [-0.15, -0.1) is 11.3 Å². The lowest BCUT2D eigenvalue weighted by Gasteiger charge is -2.13. The Morgan fingerprint density at radius 3 is 2.72 bits per heavy atom. The predicted octanol–water partition coefficient (Wildman–Crippen LogP) is 5.90. The number of aryl methyl sites for hydroxylation is 1. The summed E-state index contributed by atoms with van der Waals surface area (Å²) in [6.45, 7) is 2.69. The van der Waals surface area contributed by atoms with Crippen LogP contribution in [-0.4, -0.2) is 4.98 Å². The van der Waals surface area contributed by atoms with Crippen LogP contribution in [0.15, 0.2) is 21.2 Å². The zero-order chi connectivity index (χ0) is 13.3. The van der Waals surface area contributed by atoms with Crippen LogP contribution in [-0.2, 0) is 6.54 Å². The van der Waals surface area contributed by atoms with E-state index >= 15 is 0 Å². The smallest absolute Gasteiger partial charge is 0.183 e. The fourth-order valence-electron chi connectivity index (χ4n) is 1.47. The average molecular weight is 431 g/mol. The SMILES string of the molecule is Cc1cc(Br)c(Cl)c(Br)c1NCc1cnc(Cl)s1. The van der Waals surface area contributed by atoms with Gasteiger partial charge in [-0.25, -0.2) is 4.98 Å². The lowest BCUT2D eigenvalue weighted by atomic mass is 10.2. The molecule has 1 heterocycles. The number of nitrogens with zero attached hydrogens (tertiary/aromatic N) is 1. The van der Waals surface area contributed by atoms with E-state index in [0.29, 0.717) is 16.0 Å². The second-order valence-electron chi connectivity index (χ2n) is 3.61. The lowest BCUT2D eigenvalue weighted by molar-refractivity contribution is 1.16. The molecule has 18 heavy (non-hydrogen) atoms. The second-order valence-corrected chi connectivity index (χ2v) is 7.33. The minimum Gasteiger partial charge on any atom is -0.379 e. The van der Waals surface area contributed by atoms with Crippen LogP contribution in [0.25, 0.3) is 0 Å². The van der Waals surface area contributed by atoms with Crippen LogP contribution >= 0.6 is 66.4 Å². The number of aromatic nitrogens is 1. The van der Waals surface area contributed by atoms with E-state index in [-0.39, 0.29) is 0 Å². The molecule has 2 aromatic rings. The maximum Gasteiger partial charge on any atom is 0.183 e. The van der Waals surface area contributed by atoms with Crippen LogP contribution in [0.1, 0.15) is 10.4 Å². The Morgan fingerprint density at radius 2 is 2.11 bits per heavy atom. The van der Waals surface area contributed by atoms with Crippen molar-refractivity contribution in [3.63, 3.8) is 0 Å². The van der Waals surface area contributed by atoms with Crippen LogP contribution < -0.4 is 5.32 Å². The van der Waals surface area contributed by atoms with Crippen molar-refractivity contribution in [3.05, 3.63) is 41.1 Å². The first kappa shape index (κ1) is 14.6. The number of benzene rings is 1. The number of hydrogen-bond donors (Lipinski definition) is 1. The van der Waals surface area contributed by atoms with Crippen molar-refractivity contribution in [2.24, 2.45) is 0 Å². The number of thiazole rings is 1. The maximum absolute atomic E-state index is 6.18. The van der Waals surface area contributed by atoms with Gasteiger partial charge in [0, 0.05) is 15.5 Å². The molecule has 2 nitrogen and oxygen atoms in total. The number of anilines is 1. The molecule has 1 aromatic carbocycles. The largest absolute Gasteiger partial charge is 0.379 e. The van der Waals surface area contributed by atoms with Crippen LogP contribution in [0.3, 0.4) is 0 Å². The van der Waals surface area contributed by atoms with Crippen LogP contribution in [0.4, 0.5) is 5.69 Å². The molecule has 0 unspecified atom stereocenters. The molecule has 96 valence electrons. The quantitative estimate of drug-likeness (QED) is 0.613. The molecule has 7 heteroatoms. The Hall–Kier alpha value is 0.190. The van der Waals surface area contributed by atoms with E-state index in [9.17, 15) is 0 Å². The van der Waals surface area contributed by atoms with E-state index < -0.39 is 0 Å². The Labute approximate surface area is 136 Å². The highest BCUT2D eigenvalue weighted by atomic mass is 79.9. The molecule has 0 aliphatic heterocycles. The highest BCUT2D eigenvalue weighted by Gasteiger charge is 2.11. The molecular formula is C11H8Br2Cl2N2S. The number of hydrogen-bond acceptors (Lipinski definition) is 3. The van der Waals surface area contributed by atoms with Gasteiger partial charge in [0.05, 0.1) is 21.7 Å². The normalized spacial score (nSPS) is 10.7. The van der Waals surface area contributed by atoms with Crippen molar-refractivity contribution in [1.82, 2.24) is 4.98 Å². The summed E-state index contributed by atoms with van der Waals surface area (Å²) in [6.07, 6.45) is 1.77. The van der Waals surface area contributed by atoms with Gasteiger partial charge in [-0.2, -0.15) is 0 Å². The van der Waals surface area contributed by atoms with Gasteiger partial charge >= 0.3 is 0 Å². The van der Waals surface area contributed by atoms with E-state index in [1.807, 2.05) is 13.0 Å². The molecule has 0 bridgehead atoms. The molecule has 0 atom stereocenters.